The van der Waals surface area contributed by atoms with Gasteiger partial charge in [-0.05, 0) is 68.2 Å². The van der Waals surface area contributed by atoms with Crippen LogP contribution in [0.3, 0.4) is 0 Å². The Balaban J connectivity index is 1.74. The minimum absolute atomic E-state index is 0.138. The van der Waals surface area contributed by atoms with Gasteiger partial charge >= 0.3 is 0 Å². The van der Waals surface area contributed by atoms with Crippen molar-refractivity contribution in [2.24, 2.45) is 17.8 Å². The van der Waals surface area contributed by atoms with Crippen molar-refractivity contribution in [2.45, 2.75) is 58.3 Å². The van der Waals surface area contributed by atoms with E-state index in [1.54, 1.807) is 12.1 Å². The highest BCUT2D eigenvalue weighted by Gasteiger charge is 2.41. The van der Waals surface area contributed by atoms with E-state index in [1.165, 1.54) is 25.0 Å². The van der Waals surface area contributed by atoms with E-state index in [9.17, 15) is 14.3 Å². The molecule has 2 aliphatic rings. The maximum atomic E-state index is 13.1. The number of benzene rings is 1. The fourth-order valence-electron chi connectivity index (χ4n) is 4.54. The van der Waals surface area contributed by atoms with Crippen LogP contribution in [-0.4, -0.2) is 30.5 Å². The van der Waals surface area contributed by atoms with Crippen molar-refractivity contribution < 1.29 is 23.8 Å². The van der Waals surface area contributed by atoms with Crippen molar-refractivity contribution in [1.82, 2.24) is 5.32 Å². The van der Waals surface area contributed by atoms with E-state index in [0.29, 0.717) is 31.2 Å². The van der Waals surface area contributed by atoms with Crippen molar-refractivity contribution in [3.05, 3.63) is 47.5 Å². The Morgan fingerprint density at radius 1 is 1.28 bits per heavy atom. The van der Waals surface area contributed by atoms with Crippen LogP contribution in [0, 0.1) is 23.6 Å². The summed E-state index contributed by atoms with van der Waals surface area (Å²) in [6.07, 6.45) is 7.74. The van der Waals surface area contributed by atoms with E-state index in [1.807, 2.05) is 13.0 Å². The summed E-state index contributed by atoms with van der Waals surface area (Å²) < 4.78 is 24.9. The molecule has 3 rings (SSSR count). The number of nitrogens with one attached hydrogen (secondary N) is 1. The largest absolute Gasteiger partial charge is 0.459 e. The Morgan fingerprint density at radius 2 is 2.00 bits per heavy atom. The Labute approximate surface area is 172 Å². The van der Waals surface area contributed by atoms with Gasteiger partial charge < -0.3 is 19.9 Å². The molecule has 0 saturated heterocycles. The number of carbonyl (C=O) groups is 1. The van der Waals surface area contributed by atoms with Crippen molar-refractivity contribution in [3.8, 4) is 0 Å². The van der Waals surface area contributed by atoms with E-state index >= 15 is 0 Å². The molecular formula is C23H32FNO4. The first-order valence-electron chi connectivity index (χ1n) is 10.8. The van der Waals surface area contributed by atoms with E-state index < -0.39 is 6.29 Å². The highest BCUT2D eigenvalue weighted by atomic mass is 19.1. The molecule has 1 aromatic carbocycles. The summed E-state index contributed by atoms with van der Waals surface area (Å²) in [5.74, 6) is 0.599. The SMILES string of the molecule is CCO[C@@H]1OC(C(=O)NCc2ccc(F)cc2)=C[C@H](C2CCCC2)[C@H]1CCCO. The van der Waals surface area contributed by atoms with Crippen LogP contribution in [0.5, 0.6) is 0 Å². The second-order valence-electron chi connectivity index (χ2n) is 7.93. The number of aliphatic hydroxyl groups excluding tert-OH is 1. The molecule has 3 atom stereocenters. The first kappa shape index (κ1) is 21.8. The van der Waals surface area contributed by atoms with Crippen LogP contribution < -0.4 is 5.32 Å². The highest BCUT2D eigenvalue weighted by Crippen LogP contribution is 2.43. The molecule has 0 radical (unpaired) electrons. The second-order valence-corrected chi connectivity index (χ2v) is 7.93. The van der Waals surface area contributed by atoms with Crippen molar-refractivity contribution in [1.29, 1.82) is 0 Å². The summed E-state index contributed by atoms with van der Waals surface area (Å²) in [5.41, 5.74) is 0.825. The predicted molar refractivity (Wildman–Crippen MR) is 108 cm³/mol. The van der Waals surface area contributed by atoms with Crippen LogP contribution in [0.4, 0.5) is 4.39 Å². The molecule has 2 N–H and O–H groups in total. The van der Waals surface area contributed by atoms with Crippen LogP contribution in [0.2, 0.25) is 0 Å². The third-order valence-corrected chi connectivity index (χ3v) is 5.99. The van der Waals surface area contributed by atoms with E-state index in [2.05, 4.69) is 5.32 Å². The third kappa shape index (κ3) is 5.80. The molecular weight excluding hydrogens is 373 g/mol. The summed E-state index contributed by atoms with van der Waals surface area (Å²) >= 11 is 0. The van der Waals surface area contributed by atoms with Crippen LogP contribution >= 0.6 is 0 Å². The summed E-state index contributed by atoms with van der Waals surface area (Å²) in [6.45, 7) is 2.87. The lowest BCUT2D eigenvalue weighted by molar-refractivity contribution is -0.176. The third-order valence-electron chi connectivity index (χ3n) is 5.99. The van der Waals surface area contributed by atoms with Crippen LogP contribution in [-0.2, 0) is 20.8 Å². The zero-order valence-electron chi connectivity index (χ0n) is 17.1. The molecule has 1 aliphatic carbocycles. The Morgan fingerprint density at radius 3 is 2.66 bits per heavy atom. The normalized spacial score (nSPS) is 24.8. The first-order valence-corrected chi connectivity index (χ1v) is 10.8. The lowest BCUT2D eigenvalue weighted by Crippen LogP contribution is -2.41. The maximum Gasteiger partial charge on any atom is 0.286 e. The molecule has 29 heavy (non-hydrogen) atoms. The lowest BCUT2D eigenvalue weighted by Gasteiger charge is -2.39. The minimum Gasteiger partial charge on any atom is -0.459 e. The number of ether oxygens (including phenoxy) is 2. The Kier molecular flexibility index (Phi) is 8.07. The van der Waals surface area contributed by atoms with Gasteiger partial charge in [-0.25, -0.2) is 4.39 Å². The van der Waals surface area contributed by atoms with Gasteiger partial charge in [-0.15, -0.1) is 0 Å². The molecule has 1 fully saturated rings. The van der Waals surface area contributed by atoms with Crippen LogP contribution in [0.15, 0.2) is 36.1 Å². The molecule has 160 valence electrons. The van der Waals surface area contributed by atoms with Gasteiger partial charge in [-0.2, -0.15) is 0 Å². The number of rotatable bonds is 9. The average molecular weight is 406 g/mol. The zero-order chi connectivity index (χ0) is 20.6. The number of aliphatic hydroxyl groups is 1. The van der Waals surface area contributed by atoms with Crippen molar-refractivity contribution >= 4 is 5.91 Å². The maximum absolute atomic E-state index is 13.1. The number of amides is 1. The zero-order valence-corrected chi connectivity index (χ0v) is 17.1. The van der Waals surface area contributed by atoms with Crippen molar-refractivity contribution in [3.63, 3.8) is 0 Å². The van der Waals surface area contributed by atoms with Gasteiger partial charge in [0.25, 0.3) is 5.91 Å². The molecule has 0 spiro atoms. The van der Waals surface area contributed by atoms with E-state index in [-0.39, 0.29) is 30.2 Å². The fourth-order valence-corrected chi connectivity index (χ4v) is 4.54. The molecule has 5 nitrogen and oxygen atoms in total. The Bertz CT molecular complexity index is 685. The van der Waals surface area contributed by atoms with Gasteiger partial charge in [0, 0.05) is 25.7 Å². The first-order chi connectivity index (χ1) is 14.1. The number of carbonyl (C=O) groups excluding carboxylic acids is 1. The molecule has 0 bridgehead atoms. The standard InChI is InChI=1S/C23H32FNO4/c1-2-28-23-19(8-5-13-26)20(17-6-3-4-7-17)14-21(29-23)22(27)25-15-16-9-11-18(24)12-10-16/h9-12,14,17,19-20,23,26H,2-8,13,15H2,1H3,(H,25,27)/t19-,20-,23-/m1/s1. The highest BCUT2D eigenvalue weighted by molar-refractivity contribution is 5.91. The summed E-state index contributed by atoms with van der Waals surface area (Å²) in [5, 5.41) is 12.2. The monoisotopic (exact) mass is 405 g/mol. The van der Waals surface area contributed by atoms with Gasteiger partial charge in [0.05, 0.1) is 0 Å². The van der Waals surface area contributed by atoms with Crippen LogP contribution in [0.1, 0.15) is 51.0 Å². The second kappa shape index (κ2) is 10.7. The molecule has 1 aliphatic heterocycles. The van der Waals surface area contributed by atoms with Gasteiger partial charge in [0.15, 0.2) is 5.76 Å². The van der Waals surface area contributed by atoms with E-state index in [0.717, 1.165) is 24.8 Å². The van der Waals surface area contributed by atoms with Crippen LogP contribution in [0.25, 0.3) is 0 Å². The fraction of sp³-hybridized carbons (Fsp3) is 0.609. The molecule has 0 unspecified atom stereocenters. The minimum atomic E-state index is -0.478. The summed E-state index contributed by atoms with van der Waals surface area (Å²) in [6, 6.07) is 6.07. The number of hydrogen-bond donors (Lipinski definition) is 2. The van der Waals surface area contributed by atoms with Crippen molar-refractivity contribution in [2.75, 3.05) is 13.2 Å². The molecule has 1 amide bonds. The molecule has 0 aromatic heterocycles. The quantitative estimate of drug-likeness (QED) is 0.654. The van der Waals surface area contributed by atoms with Gasteiger partial charge in [-0.1, -0.05) is 25.0 Å². The molecule has 1 aromatic rings. The van der Waals surface area contributed by atoms with E-state index in [4.69, 9.17) is 9.47 Å². The number of allylic oxidation sites excluding steroid dienone is 1. The summed E-state index contributed by atoms with van der Waals surface area (Å²) in [7, 11) is 0. The molecule has 1 saturated carbocycles. The molecule has 6 heteroatoms. The Hall–Kier alpha value is -1.92. The van der Waals surface area contributed by atoms with Gasteiger partial charge in [-0.3, -0.25) is 4.79 Å². The predicted octanol–water partition coefficient (Wildman–Crippen LogP) is 3.91. The lowest BCUT2D eigenvalue weighted by atomic mass is 9.76. The summed E-state index contributed by atoms with van der Waals surface area (Å²) in [4.78, 5) is 12.8. The number of halogens is 1. The van der Waals surface area contributed by atoms with Gasteiger partial charge in [0.2, 0.25) is 6.29 Å². The molecule has 1 heterocycles. The average Bonchev–Trinajstić information content (AvgIpc) is 3.26. The number of hydrogen-bond acceptors (Lipinski definition) is 4. The van der Waals surface area contributed by atoms with Gasteiger partial charge in [0.1, 0.15) is 5.82 Å². The smallest absolute Gasteiger partial charge is 0.286 e. The topological polar surface area (TPSA) is 67.8 Å².